The summed E-state index contributed by atoms with van der Waals surface area (Å²) >= 11 is 0. The molecule has 21 heavy (non-hydrogen) atoms. The van der Waals surface area contributed by atoms with Crippen molar-refractivity contribution in [2.24, 2.45) is 0 Å². The van der Waals surface area contributed by atoms with Gasteiger partial charge in [-0.3, -0.25) is 24.6 Å². The number of para-hydroxylation sites is 2. The number of carbonyl (C=O) groups is 2. The maximum absolute atomic E-state index is 11.9. The lowest BCUT2D eigenvalue weighted by molar-refractivity contribution is -0.383. The average Bonchev–Trinajstić information content (AvgIpc) is 2.87. The molecular weight excluding hydrogens is 278 g/mol. The van der Waals surface area contributed by atoms with E-state index in [0.29, 0.717) is 13.0 Å². The molecule has 1 amide bonds. The van der Waals surface area contributed by atoms with Gasteiger partial charge in [0, 0.05) is 6.07 Å². The summed E-state index contributed by atoms with van der Waals surface area (Å²) in [6.07, 6.45) is 1.23. The highest BCUT2D eigenvalue weighted by atomic mass is 16.6. The summed E-state index contributed by atoms with van der Waals surface area (Å²) in [7, 11) is 0. The summed E-state index contributed by atoms with van der Waals surface area (Å²) in [5.74, 6) is -1.41. The Morgan fingerprint density at radius 2 is 2.14 bits per heavy atom. The van der Waals surface area contributed by atoms with Crippen molar-refractivity contribution < 1.29 is 19.6 Å². The van der Waals surface area contributed by atoms with Gasteiger partial charge in [0.1, 0.15) is 11.7 Å². The SMILES string of the molecule is O=C(CN1CCC[C@H]1C(=O)O)Nc1ccccc1[N+](=O)[O-]. The van der Waals surface area contributed by atoms with Crippen LogP contribution in [0, 0.1) is 10.1 Å². The topological polar surface area (TPSA) is 113 Å². The number of carboxylic acid groups (broad SMARTS) is 1. The average molecular weight is 293 g/mol. The third-order valence-electron chi connectivity index (χ3n) is 3.37. The fraction of sp³-hybridized carbons (Fsp3) is 0.385. The predicted octanol–water partition coefficient (Wildman–Crippen LogP) is 1.08. The molecular formula is C13H15N3O5. The first-order chi connectivity index (χ1) is 9.99. The second kappa shape index (κ2) is 6.31. The van der Waals surface area contributed by atoms with Crippen LogP contribution in [0.15, 0.2) is 24.3 Å². The van der Waals surface area contributed by atoms with Gasteiger partial charge >= 0.3 is 5.97 Å². The van der Waals surface area contributed by atoms with Gasteiger partial charge in [-0.1, -0.05) is 12.1 Å². The Hall–Kier alpha value is -2.48. The predicted molar refractivity (Wildman–Crippen MR) is 74.0 cm³/mol. The summed E-state index contributed by atoms with van der Waals surface area (Å²) in [4.78, 5) is 34.8. The summed E-state index contributed by atoms with van der Waals surface area (Å²) in [6.45, 7) is 0.435. The number of nitrogens with one attached hydrogen (secondary N) is 1. The van der Waals surface area contributed by atoms with E-state index in [1.807, 2.05) is 0 Å². The van der Waals surface area contributed by atoms with Crippen molar-refractivity contribution in [1.82, 2.24) is 4.90 Å². The number of benzene rings is 1. The molecule has 0 aromatic heterocycles. The molecule has 2 N–H and O–H groups in total. The van der Waals surface area contributed by atoms with Crippen LogP contribution in [0.1, 0.15) is 12.8 Å². The molecule has 1 fully saturated rings. The lowest BCUT2D eigenvalue weighted by Gasteiger charge is -2.20. The number of nitrogens with zero attached hydrogens (tertiary/aromatic N) is 2. The van der Waals surface area contributed by atoms with E-state index in [1.54, 1.807) is 11.0 Å². The summed E-state index contributed by atoms with van der Waals surface area (Å²) < 4.78 is 0. The standard InChI is InChI=1S/C13H15N3O5/c17-12(8-15-7-3-6-11(15)13(18)19)14-9-4-1-2-5-10(9)16(20)21/h1-2,4-5,11H,3,6-8H2,(H,14,17)(H,18,19)/t11-/m0/s1. The number of hydrogen-bond acceptors (Lipinski definition) is 5. The molecule has 0 bridgehead atoms. The minimum Gasteiger partial charge on any atom is -0.480 e. The maximum atomic E-state index is 11.9. The minimum absolute atomic E-state index is 0.0942. The van der Waals surface area contributed by atoms with E-state index < -0.39 is 22.8 Å². The van der Waals surface area contributed by atoms with Gasteiger partial charge in [-0.15, -0.1) is 0 Å². The lowest BCUT2D eigenvalue weighted by Crippen LogP contribution is -2.40. The van der Waals surface area contributed by atoms with Crippen molar-refractivity contribution in [3.63, 3.8) is 0 Å². The fourth-order valence-corrected chi connectivity index (χ4v) is 2.41. The molecule has 0 radical (unpaired) electrons. The van der Waals surface area contributed by atoms with E-state index in [9.17, 15) is 19.7 Å². The van der Waals surface area contributed by atoms with Crippen molar-refractivity contribution in [2.75, 3.05) is 18.4 Å². The Labute approximate surface area is 120 Å². The number of rotatable bonds is 5. The first kappa shape index (κ1) is 14.9. The summed E-state index contributed by atoms with van der Waals surface area (Å²) in [6, 6.07) is 5.16. The number of carbonyl (C=O) groups excluding carboxylic acids is 1. The fourth-order valence-electron chi connectivity index (χ4n) is 2.41. The van der Waals surface area contributed by atoms with E-state index >= 15 is 0 Å². The third-order valence-corrected chi connectivity index (χ3v) is 3.37. The van der Waals surface area contributed by atoms with E-state index in [-0.39, 0.29) is 17.9 Å². The number of amides is 1. The highest BCUT2D eigenvalue weighted by Gasteiger charge is 2.31. The molecule has 1 aliphatic rings. The molecule has 0 spiro atoms. The Balaban J connectivity index is 2.02. The van der Waals surface area contributed by atoms with Crippen molar-refractivity contribution in [3.8, 4) is 0 Å². The van der Waals surface area contributed by atoms with Crippen molar-refractivity contribution in [1.29, 1.82) is 0 Å². The van der Waals surface area contributed by atoms with Crippen LogP contribution in [0.25, 0.3) is 0 Å². The Bertz CT molecular complexity index is 575. The second-order valence-corrected chi connectivity index (χ2v) is 4.79. The lowest BCUT2D eigenvalue weighted by atomic mass is 10.2. The zero-order valence-electron chi connectivity index (χ0n) is 11.2. The number of carboxylic acids is 1. The third kappa shape index (κ3) is 3.54. The normalized spacial score (nSPS) is 18.4. The molecule has 0 unspecified atom stereocenters. The number of aliphatic carboxylic acids is 1. The van der Waals surface area contributed by atoms with Crippen LogP contribution in [0.4, 0.5) is 11.4 Å². The number of anilines is 1. The van der Waals surface area contributed by atoms with E-state index in [0.717, 1.165) is 6.42 Å². The molecule has 1 aromatic rings. The zero-order chi connectivity index (χ0) is 15.4. The molecule has 0 aliphatic carbocycles. The highest BCUT2D eigenvalue weighted by molar-refractivity contribution is 5.94. The van der Waals surface area contributed by atoms with Crippen LogP contribution >= 0.6 is 0 Å². The van der Waals surface area contributed by atoms with Crippen LogP contribution < -0.4 is 5.32 Å². The van der Waals surface area contributed by atoms with Gasteiger partial charge in [0.15, 0.2) is 0 Å². The molecule has 8 heteroatoms. The number of likely N-dealkylation sites (tertiary alicyclic amines) is 1. The molecule has 1 aromatic carbocycles. The van der Waals surface area contributed by atoms with Crippen molar-refractivity contribution in [3.05, 3.63) is 34.4 Å². The van der Waals surface area contributed by atoms with Crippen molar-refractivity contribution >= 4 is 23.3 Å². The largest absolute Gasteiger partial charge is 0.480 e. The number of hydrogen-bond donors (Lipinski definition) is 2. The molecule has 2 rings (SSSR count). The van der Waals surface area contributed by atoms with Gasteiger partial charge < -0.3 is 10.4 Å². The Morgan fingerprint density at radius 3 is 2.81 bits per heavy atom. The van der Waals surface area contributed by atoms with Crippen molar-refractivity contribution in [2.45, 2.75) is 18.9 Å². The van der Waals surface area contributed by atoms with Crippen LogP contribution in [0.2, 0.25) is 0 Å². The first-order valence-electron chi connectivity index (χ1n) is 6.49. The van der Waals surface area contributed by atoms with Gasteiger partial charge in [-0.25, -0.2) is 0 Å². The van der Waals surface area contributed by atoms with E-state index in [2.05, 4.69) is 5.32 Å². The molecule has 1 heterocycles. The first-order valence-corrected chi connectivity index (χ1v) is 6.49. The quantitative estimate of drug-likeness (QED) is 0.620. The van der Waals surface area contributed by atoms with Crippen LogP contribution in [0.3, 0.4) is 0 Å². The highest BCUT2D eigenvalue weighted by Crippen LogP contribution is 2.23. The number of nitro benzene ring substituents is 1. The van der Waals surface area contributed by atoms with E-state index in [4.69, 9.17) is 5.11 Å². The molecule has 0 saturated carbocycles. The molecule has 8 nitrogen and oxygen atoms in total. The summed E-state index contributed by atoms with van der Waals surface area (Å²) in [5, 5.41) is 22.4. The van der Waals surface area contributed by atoms with Gasteiger partial charge in [-0.05, 0) is 25.5 Å². The Kier molecular flexibility index (Phi) is 4.49. The van der Waals surface area contributed by atoms with Crippen LogP contribution in [-0.2, 0) is 9.59 Å². The van der Waals surface area contributed by atoms with Gasteiger partial charge in [-0.2, -0.15) is 0 Å². The second-order valence-electron chi connectivity index (χ2n) is 4.79. The molecule has 1 atom stereocenters. The Morgan fingerprint density at radius 1 is 1.43 bits per heavy atom. The van der Waals surface area contributed by atoms with Crippen LogP contribution in [0.5, 0.6) is 0 Å². The monoisotopic (exact) mass is 293 g/mol. The smallest absolute Gasteiger partial charge is 0.320 e. The minimum atomic E-state index is -0.953. The molecule has 1 saturated heterocycles. The maximum Gasteiger partial charge on any atom is 0.320 e. The van der Waals surface area contributed by atoms with Gasteiger partial charge in [0.2, 0.25) is 5.91 Å². The van der Waals surface area contributed by atoms with E-state index in [1.165, 1.54) is 18.2 Å². The van der Waals surface area contributed by atoms with Crippen LogP contribution in [-0.4, -0.2) is 45.9 Å². The summed E-state index contributed by atoms with van der Waals surface area (Å²) in [5.41, 5.74) is -0.0828. The van der Waals surface area contributed by atoms with Gasteiger partial charge in [0.25, 0.3) is 5.69 Å². The molecule has 1 aliphatic heterocycles. The molecule has 112 valence electrons. The number of nitro groups is 1. The van der Waals surface area contributed by atoms with Gasteiger partial charge in [0.05, 0.1) is 11.5 Å². The zero-order valence-corrected chi connectivity index (χ0v) is 11.2.